The van der Waals surface area contributed by atoms with Gasteiger partial charge < -0.3 is 5.11 Å². The average Bonchev–Trinajstić information content (AvgIpc) is 3.28. The Labute approximate surface area is 182 Å². The van der Waals surface area contributed by atoms with E-state index in [-0.39, 0.29) is 11.1 Å². The van der Waals surface area contributed by atoms with Crippen LogP contribution in [0.25, 0.3) is 11.1 Å². The summed E-state index contributed by atoms with van der Waals surface area (Å²) in [6.45, 7) is -0.998. The number of aliphatic hydroxyl groups is 1. The number of tetrazole rings is 1. The van der Waals surface area contributed by atoms with Crippen molar-refractivity contribution in [2.24, 2.45) is 0 Å². The molecular weight excluding hydrogens is 452 g/mol. The molecule has 0 aliphatic heterocycles. The van der Waals surface area contributed by atoms with Gasteiger partial charge >= 0.3 is 5.92 Å². The van der Waals surface area contributed by atoms with E-state index in [1.807, 2.05) is 0 Å². The maximum absolute atomic E-state index is 15.6. The molecule has 1 atom stereocenters. The van der Waals surface area contributed by atoms with E-state index in [2.05, 4.69) is 20.5 Å². The first-order valence-electron chi connectivity index (χ1n) is 9.30. The molecule has 33 heavy (non-hydrogen) atoms. The molecule has 0 amide bonds. The lowest BCUT2D eigenvalue weighted by Crippen LogP contribution is -2.48. The van der Waals surface area contributed by atoms with Crippen LogP contribution in [0.15, 0.2) is 61.1 Å². The third-order valence-electron chi connectivity index (χ3n) is 5.02. The first-order chi connectivity index (χ1) is 15.6. The molecule has 2 aromatic carbocycles. The number of hydrogen-bond donors (Lipinski definition) is 1. The Kier molecular flexibility index (Phi) is 5.62. The van der Waals surface area contributed by atoms with Crippen molar-refractivity contribution in [1.29, 1.82) is 0 Å². The fraction of sp³-hybridized carbons (Fsp3) is 0.143. The molecule has 0 radical (unpaired) electrons. The second kappa shape index (κ2) is 8.28. The van der Waals surface area contributed by atoms with Gasteiger partial charge in [-0.3, -0.25) is 4.98 Å². The minimum absolute atomic E-state index is 0.171. The molecular formula is C21H13F6N5O. The van der Waals surface area contributed by atoms with Crippen molar-refractivity contribution in [3.8, 4) is 11.1 Å². The van der Waals surface area contributed by atoms with Crippen LogP contribution < -0.4 is 0 Å². The molecule has 0 aliphatic carbocycles. The number of pyridine rings is 1. The fourth-order valence-electron chi connectivity index (χ4n) is 3.30. The molecule has 6 nitrogen and oxygen atoms in total. The Bertz CT molecular complexity index is 1280. The standard InChI is InChI=1S/C21H13F6N5O/c22-14-3-4-15(17(24)8-14)20(33,10-32-11-29-30-31-32)21(26,27)19-6-2-13(9-28-19)12-1-5-16(23)18(25)7-12/h1-9,11,33H,10H2. The van der Waals surface area contributed by atoms with Crippen LogP contribution in [0.2, 0.25) is 0 Å². The number of alkyl halides is 2. The van der Waals surface area contributed by atoms with Crippen molar-refractivity contribution < 1.29 is 31.4 Å². The van der Waals surface area contributed by atoms with Gasteiger partial charge in [-0.05, 0) is 46.3 Å². The minimum atomic E-state index is -4.23. The quantitative estimate of drug-likeness (QED) is 0.436. The summed E-state index contributed by atoms with van der Waals surface area (Å²) in [4.78, 5) is 3.66. The van der Waals surface area contributed by atoms with Crippen LogP contribution in [0.3, 0.4) is 0 Å². The van der Waals surface area contributed by atoms with Gasteiger partial charge in [0.05, 0.1) is 6.54 Å². The van der Waals surface area contributed by atoms with Crippen LogP contribution in [0.5, 0.6) is 0 Å². The normalized spacial score (nSPS) is 13.7. The van der Waals surface area contributed by atoms with E-state index in [9.17, 15) is 22.7 Å². The lowest BCUT2D eigenvalue weighted by Gasteiger charge is -2.35. The zero-order chi connectivity index (χ0) is 23.8. The molecule has 0 fully saturated rings. The van der Waals surface area contributed by atoms with Gasteiger partial charge in [-0.15, -0.1) is 5.10 Å². The second-order valence-electron chi connectivity index (χ2n) is 7.13. The highest BCUT2D eigenvalue weighted by atomic mass is 19.3. The van der Waals surface area contributed by atoms with Gasteiger partial charge in [0.2, 0.25) is 0 Å². The zero-order valence-corrected chi connectivity index (χ0v) is 16.4. The van der Waals surface area contributed by atoms with Crippen LogP contribution in [0.1, 0.15) is 11.3 Å². The monoisotopic (exact) mass is 465 g/mol. The van der Waals surface area contributed by atoms with Crippen molar-refractivity contribution >= 4 is 0 Å². The van der Waals surface area contributed by atoms with Crippen LogP contribution in [0.4, 0.5) is 26.3 Å². The Balaban J connectivity index is 1.78. The molecule has 0 saturated heterocycles. The van der Waals surface area contributed by atoms with E-state index in [1.165, 1.54) is 6.07 Å². The summed E-state index contributed by atoms with van der Waals surface area (Å²) in [6, 6.07) is 6.74. The van der Waals surface area contributed by atoms with Gasteiger partial charge in [-0.25, -0.2) is 22.2 Å². The molecule has 1 N–H and O–H groups in total. The number of hydrogen-bond acceptors (Lipinski definition) is 5. The van der Waals surface area contributed by atoms with E-state index in [4.69, 9.17) is 0 Å². The molecule has 4 aromatic rings. The summed E-state index contributed by atoms with van der Waals surface area (Å²) in [7, 11) is 0. The topological polar surface area (TPSA) is 76.7 Å². The number of nitrogens with zero attached hydrogens (tertiary/aromatic N) is 5. The number of benzene rings is 2. The molecule has 0 spiro atoms. The molecule has 0 saturated carbocycles. The van der Waals surface area contributed by atoms with Crippen molar-refractivity contribution in [1.82, 2.24) is 25.2 Å². The van der Waals surface area contributed by atoms with Crippen LogP contribution >= 0.6 is 0 Å². The zero-order valence-electron chi connectivity index (χ0n) is 16.4. The highest BCUT2D eigenvalue weighted by molar-refractivity contribution is 5.62. The van der Waals surface area contributed by atoms with Gasteiger partial charge in [0.1, 0.15) is 23.7 Å². The molecule has 1 unspecified atom stereocenters. The molecule has 0 aliphatic rings. The number of aromatic nitrogens is 5. The van der Waals surface area contributed by atoms with E-state index in [0.717, 1.165) is 47.5 Å². The maximum Gasteiger partial charge on any atom is 0.323 e. The van der Waals surface area contributed by atoms with Gasteiger partial charge in [0.25, 0.3) is 0 Å². The van der Waals surface area contributed by atoms with Crippen molar-refractivity contribution in [3.63, 3.8) is 0 Å². The smallest absolute Gasteiger partial charge is 0.323 e. The van der Waals surface area contributed by atoms with Crippen LogP contribution in [-0.4, -0.2) is 30.3 Å². The molecule has 0 bridgehead atoms. The second-order valence-corrected chi connectivity index (χ2v) is 7.13. The Hall–Kier alpha value is -3.80. The predicted molar refractivity (Wildman–Crippen MR) is 102 cm³/mol. The summed E-state index contributed by atoms with van der Waals surface area (Å²) in [5.41, 5.74) is -4.80. The SMILES string of the molecule is OC(Cn1cnnn1)(c1ccc(F)cc1F)C(F)(F)c1ccc(-c2ccc(F)c(F)c2)cn1. The van der Waals surface area contributed by atoms with E-state index in [1.54, 1.807) is 0 Å². The number of halogens is 6. The Morgan fingerprint density at radius 1 is 0.848 bits per heavy atom. The van der Waals surface area contributed by atoms with Crippen molar-refractivity contribution in [2.75, 3.05) is 0 Å². The van der Waals surface area contributed by atoms with E-state index in [0.29, 0.717) is 12.1 Å². The summed E-state index contributed by atoms with van der Waals surface area (Å²) >= 11 is 0. The lowest BCUT2D eigenvalue weighted by molar-refractivity contribution is -0.207. The average molecular weight is 465 g/mol. The predicted octanol–water partition coefficient (Wildman–Crippen LogP) is 3.97. The molecule has 170 valence electrons. The first-order valence-corrected chi connectivity index (χ1v) is 9.30. The van der Waals surface area contributed by atoms with Gasteiger partial charge in [-0.2, -0.15) is 8.78 Å². The summed E-state index contributed by atoms with van der Waals surface area (Å²) in [6.07, 6.45) is 1.90. The van der Waals surface area contributed by atoms with Crippen LogP contribution in [0, 0.1) is 23.3 Å². The van der Waals surface area contributed by atoms with Crippen molar-refractivity contribution in [2.45, 2.75) is 18.1 Å². The van der Waals surface area contributed by atoms with Gasteiger partial charge in [0.15, 0.2) is 17.2 Å². The van der Waals surface area contributed by atoms with Crippen molar-refractivity contribution in [3.05, 3.63) is 95.6 Å². The molecule has 4 rings (SSSR count). The molecule has 12 heteroatoms. The summed E-state index contributed by atoms with van der Waals surface area (Å²) in [5, 5.41) is 21.1. The lowest BCUT2D eigenvalue weighted by atomic mass is 9.84. The number of rotatable bonds is 6. The summed E-state index contributed by atoms with van der Waals surface area (Å²) in [5.74, 6) is -8.89. The highest BCUT2D eigenvalue weighted by Crippen LogP contribution is 2.46. The third kappa shape index (κ3) is 4.04. The van der Waals surface area contributed by atoms with E-state index >= 15 is 8.78 Å². The van der Waals surface area contributed by atoms with Gasteiger partial charge in [-0.1, -0.05) is 12.1 Å². The third-order valence-corrected chi connectivity index (χ3v) is 5.02. The molecule has 2 aromatic heterocycles. The Morgan fingerprint density at radius 3 is 2.21 bits per heavy atom. The molecule has 2 heterocycles. The summed E-state index contributed by atoms with van der Waals surface area (Å²) < 4.78 is 86.6. The van der Waals surface area contributed by atoms with Gasteiger partial charge in [0, 0.05) is 23.4 Å². The largest absolute Gasteiger partial charge is 0.377 e. The minimum Gasteiger partial charge on any atom is -0.377 e. The highest BCUT2D eigenvalue weighted by Gasteiger charge is 2.58. The maximum atomic E-state index is 15.6. The Morgan fingerprint density at radius 2 is 1.61 bits per heavy atom. The first kappa shape index (κ1) is 22.4. The van der Waals surface area contributed by atoms with E-state index < -0.39 is 52.6 Å². The fourth-order valence-corrected chi connectivity index (χ4v) is 3.30. The van der Waals surface area contributed by atoms with Crippen LogP contribution in [-0.2, 0) is 18.1 Å².